The van der Waals surface area contributed by atoms with Gasteiger partial charge in [0.25, 0.3) is 0 Å². The quantitative estimate of drug-likeness (QED) is 0.212. The number of rotatable bonds is 3. The van der Waals surface area contributed by atoms with E-state index in [4.69, 9.17) is 15.0 Å². The lowest BCUT2D eigenvalue weighted by molar-refractivity contribution is 1.10. The first-order valence-corrected chi connectivity index (χ1v) is 14.0. The van der Waals surface area contributed by atoms with Crippen molar-refractivity contribution in [1.82, 2.24) is 23.9 Å². The first kappa shape index (κ1) is 22.9. The van der Waals surface area contributed by atoms with Crippen LogP contribution in [-0.2, 0) is 0 Å². The lowest BCUT2D eigenvalue weighted by Crippen LogP contribution is -1.97. The first-order valence-electron chi connectivity index (χ1n) is 14.0. The van der Waals surface area contributed by atoms with Crippen molar-refractivity contribution >= 4 is 49.5 Å². The summed E-state index contributed by atoms with van der Waals surface area (Å²) in [5, 5.41) is 3.50. The van der Waals surface area contributed by atoms with Crippen LogP contribution in [-0.4, -0.2) is 23.9 Å². The minimum Gasteiger partial charge on any atom is -0.292 e. The molecule has 9 rings (SSSR count). The van der Waals surface area contributed by atoms with E-state index in [0.717, 1.165) is 66.9 Å². The summed E-state index contributed by atoms with van der Waals surface area (Å²) in [6.07, 6.45) is 1.84. The van der Waals surface area contributed by atoms with Gasteiger partial charge in [0.2, 0.25) is 0 Å². The van der Waals surface area contributed by atoms with Crippen LogP contribution in [0, 0.1) is 0 Å². The van der Waals surface area contributed by atoms with Gasteiger partial charge in [-0.15, -0.1) is 0 Å². The van der Waals surface area contributed by atoms with Gasteiger partial charge in [-0.05, 0) is 59.0 Å². The molecule has 0 unspecified atom stereocenters. The molecular weight excluding hydrogens is 514 g/mol. The monoisotopic (exact) mass is 537 g/mol. The molecule has 4 heterocycles. The van der Waals surface area contributed by atoms with Gasteiger partial charge in [0.15, 0.2) is 5.65 Å². The molecule has 0 radical (unpaired) electrons. The molecule has 0 aliphatic heterocycles. The topological polar surface area (TPSA) is 48.0 Å². The average Bonchev–Trinajstić information content (AvgIpc) is 3.65. The van der Waals surface area contributed by atoms with E-state index >= 15 is 0 Å². The molecule has 0 atom stereocenters. The molecule has 196 valence electrons. The number of fused-ring (bicyclic) bond motifs is 9. The Morgan fingerprint density at radius 3 is 2.05 bits per heavy atom. The van der Waals surface area contributed by atoms with E-state index in [2.05, 4.69) is 118 Å². The van der Waals surface area contributed by atoms with E-state index in [1.54, 1.807) is 0 Å². The maximum Gasteiger partial charge on any atom is 0.164 e. The van der Waals surface area contributed by atoms with E-state index in [9.17, 15) is 0 Å². The molecule has 0 N–H and O–H groups in total. The molecule has 0 saturated carbocycles. The second-order valence-corrected chi connectivity index (χ2v) is 10.6. The van der Waals surface area contributed by atoms with Crippen LogP contribution >= 0.6 is 0 Å². The van der Waals surface area contributed by atoms with Crippen LogP contribution in [0.2, 0.25) is 0 Å². The molecule has 0 fully saturated rings. The van der Waals surface area contributed by atoms with Gasteiger partial charge in [0, 0.05) is 28.2 Å². The number of hydrogen-bond acceptors (Lipinski definition) is 3. The number of benzene rings is 5. The minimum atomic E-state index is 0.871. The fourth-order valence-electron chi connectivity index (χ4n) is 6.23. The second kappa shape index (κ2) is 8.85. The van der Waals surface area contributed by atoms with Crippen LogP contribution in [0.3, 0.4) is 0 Å². The van der Waals surface area contributed by atoms with Crippen molar-refractivity contribution in [2.75, 3.05) is 0 Å². The van der Waals surface area contributed by atoms with Crippen molar-refractivity contribution in [2.24, 2.45) is 0 Å². The molecule has 0 amide bonds. The molecule has 0 aliphatic carbocycles. The van der Waals surface area contributed by atoms with Gasteiger partial charge in [-0.1, -0.05) is 91.0 Å². The normalized spacial score (nSPS) is 11.8. The van der Waals surface area contributed by atoms with Crippen molar-refractivity contribution in [3.63, 3.8) is 0 Å². The fraction of sp³-hybridized carbons (Fsp3) is 0. The SMILES string of the molecule is c1ccc(-n2c(-c3ccc(-c4ccc5c6ccccc6c6nc7cccnc7n6c5c4)cc3)nc3ccccc32)cc1. The number of nitrogens with zero attached hydrogens (tertiary/aromatic N) is 5. The van der Waals surface area contributed by atoms with Crippen LogP contribution in [0.1, 0.15) is 0 Å². The Bertz CT molecular complexity index is 2450. The largest absolute Gasteiger partial charge is 0.292 e. The van der Waals surface area contributed by atoms with Crippen molar-refractivity contribution in [3.05, 3.63) is 140 Å². The van der Waals surface area contributed by atoms with Gasteiger partial charge >= 0.3 is 0 Å². The molecule has 5 aromatic carbocycles. The molecule has 9 aromatic rings. The van der Waals surface area contributed by atoms with E-state index in [-0.39, 0.29) is 0 Å². The third-order valence-corrected chi connectivity index (χ3v) is 8.16. The van der Waals surface area contributed by atoms with Crippen LogP contribution in [0.4, 0.5) is 0 Å². The van der Waals surface area contributed by atoms with Crippen LogP contribution in [0.25, 0.3) is 77.7 Å². The van der Waals surface area contributed by atoms with Gasteiger partial charge in [-0.3, -0.25) is 8.97 Å². The predicted molar refractivity (Wildman–Crippen MR) is 171 cm³/mol. The van der Waals surface area contributed by atoms with Gasteiger partial charge in [-0.25, -0.2) is 15.0 Å². The summed E-state index contributed by atoms with van der Waals surface area (Å²) < 4.78 is 4.44. The number of hydrogen-bond donors (Lipinski definition) is 0. The van der Waals surface area contributed by atoms with E-state index in [1.165, 1.54) is 10.8 Å². The first-order chi connectivity index (χ1) is 20.8. The smallest absolute Gasteiger partial charge is 0.164 e. The average molecular weight is 538 g/mol. The molecule has 0 bridgehead atoms. The van der Waals surface area contributed by atoms with Gasteiger partial charge in [0.1, 0.15) is 17.0 Å². The van der Waals surface area contributed by atoms with Gasteiger partial charge < -0.3 is 0 Å². The number of imidazole rings is 2. The van der Waals surface area contributed by atoms with Crippen molar-refractivity contribution in [2.45, 2.75) is 0 Å². The van der Waals surface area contributed by atoms with Crippen molar-refractivity contribution < 1.29 is 0 Å². The number of para-hydroxylation sites is 3. The van der Waals surface area contributed by atoms with Gasteiger partial charge in [-0.2, -0.15) is 0 Å². The molecule has 0 spiro atoms. The van der Waals surface area contributed by atoms with E-state index in [0.29, 0.717) is 0 Å². The van der Waals surface area contributed by atoms with E-state index < -0.39 is 0 Å². The van der Waals surface area contributed by atoms with Crippen LogP contribution in [0.5, 0.6) is 0 Å². The molecule has 5 nitrogen and oxygen atoms in total. The van der Waals surface area contributed by atoms with E-state index in [1.807, 2.05) is 30.5 Å². The molecule has 42 heavy (non-hydrogen) atoms. The van der Waals surface area contributed by atoms with Crippen molar-refractivity contribution in [1.29, 1.82) is 0 Å². The summed E-state index contributed by atoms with van der Waals surface area (Å²) in [4.78, 5) is 14.7. The summed E-state index contributed by atoms with van der Waals surface area (Å²) in [6, 6.07) is 46.6. The molecule has 0 saturated heterocycles. The summed E-state index contributed by atoms with van der Waals surface area (Å²) in [7, 11) is 0. The standard InChI is InChI=1S/C37H23N5/c1-2-9-27(10-3-1)41-33-15-7-6-13-31(33)39-35(41)25-18-16-24(17-19-25)26-20-21-29-28-11-4-5-12-30(28)36-40-32-14-8-22-38-37(32)42(36)34(29)23-26/h1-23H. The highest BCUT2D eigenvalue weighted by molar-refractivity contribution is 6.14. The minimum absolute atomic E-state index is 0.871. The Balaban J connectivity index is 1.22. The van der Waals surface area contributed by atoms with Gasteiger partial charge in [0.05, 0.1) is 16.6 Å². The Morgan fingerprint density at radius 2 is 1.17 bits per heavy atom. The molecule has 4 aromatic heterocycles. The Kier molecular flexibility index (Phi) is 4.83. The second-order valence-electron chi connectivity index (χ2n) is 10.6. The summed E-state index contributed by atoms with van der Waals surface area (Å²) >= 11 is 0. The molecule has 5 heteroatoms. The summed E-state index contributed by atoms with van der Waals surface area (Å²) in [5.41, 5.74) is 10.3. The predicted octanol–water partition coefficient (Wildman–Crippen LogP) is 8.86. The number of pyridine rings is 2. The van der Waals surface area contributed by atoms with Crippen LogP contribution in [0.15, 0.2) is 140 Å². The molecular formula is C37H23N5. The summed E-state index contributed by atoms with van der Waals surface area (Å²) in [6.45, 7) is 0. The third kappa shape index (κ3) is 3.34. The zero-order valence-electron chi connectivity index (χ0n) is 22.5. The fourth-order valence-corrected chi connectivity index (χ4v) is 6.23. The maximum absolute atomic E-state index is 5.03. The van der Waals surface area contributed by atoms with Crippen LogP contribution < -0.4 is 0 Å². The third-order valence-electron chi connectivity index (χ3n) is 8.16. The Labute approximate surface area is 241 Å². The highest BCUT2D eigenvalue weighted by Crippen LogP contribution is 2.35. The maximum atomic E-state index is 5.03. The van der Waals surface area contributed by atoms with Crippen molar-refractivity contribution in [3.8, 4) is 28.2 Å². The number of aromatic nitrogens is 5. The molecule has 0 aliphatic rings. The Hall–Kier alpha value is -5.81. The summed E-state index contributed by atoms with van der Waals surface area (Å²) in [5.74, 6) is 0.927. The highest BCUT2D eigenvalue weighted by Gasteiger charge is 2.16. The zero-order valence-corrected chi connectivity index (χ0v) is 22.5. The lowest BCUT2D eigenvalue weighted by Gasteiger charge is -2.12. The lowest BCUT2D eigenvalue weighted by atomic mass is 9.99. The Morgan fingerprint density at radius 1 is 0.452 bits per heavy atom. The zero-order chi connectivity index (χ0) is 27.6. The highest BCUT2D eigenvalue weighted by atomic mass is 15.1.